The molecule has 0 amide bonds. The molecule has 0 aliphatic rings. The smallest absolute Gasteiger partial charge is 0.360 e. The summed E-state index contributed by atoms with van der Waals surface area (Å²) in [6.07, 6.45) is 0.800. The summed E-state index contributed by atoms with van der Waals surface area (Å²) in [5.74, 6) is -0.114. The van der Waals surface area contributed by atoms with Gasteiger partial charge in [0.1, 0.15) is 0 Å². The lowest BCUT2D eigenvalue weighted by molar-refractivity contribution is 0.0451. The Hall–Kier alpha value is -1.47. The Morgan fingerprint density at radius 1 is 1.29 bits per heavy atom. The Kier molecular flexibility index (Phi) is 7.92. The minimum absolute atomic E-state index is 0.288. The molecule has 0 saturated carbocycles. The number of rotatable bonds is 10. The molecular formula is C14H25N3O4. The van der Waals surface area contributed by atoms with E-state index in [2.05, 4.69) is 10.3 Å². The van der Waals surface area contributed by atoms with E-state index in [1.54, 1.807) is 11.8 Å². The molecule has 7 heteroatoms. The fraction of sp³-hybridized carbons (Fsp3) is 0.786. The van der Waals surface area contributed by atoms with E-state index < -0.39 is 5.97 Å². The molecule has 0 N–H and O–H groups in total. The average molecular weight is 299 g/mol. The van der Waals surface area contributed by atoms with Crippen molar-refractivity contribution >= 4 is 5.97 Å². The Balaban J connectivity index is 2.38. The van der Waals surface area contributed by atoms with Gasteiger partial charge >= 0.3 is 5.97 Å². The summed E-state index contributed by atoms with van der Waals surface area (Å²) in [4.78, 5) is 11.9. The van der Waals surface area contributed by atoms with E-state index in [0.717, 1.165) is 12.1 Å². The van der Waals surface area contributed by atoms with Gasteiger partial charge in [0.2, 0.25) is 0 Å². The topological polar surface area (TPSA) is 75.5 Å². The summed E-state index contributed by atoms with van der Waals surface area (Å²) in [5, 5.41) is 7.88. The number of hydrogen-bond donors (Lipinski definition) is 0. The largest absolute Gasteiger partial charge is 0.461 e. The maximum absolute atomic E-state index is 11.9. The fourth-order valence-electron chi connectivity index (χ4n) is 1.63. The van der Waals surface area contributed by atoms with E-state index >= 15 is 0 Å². The third-order valence-electron chi connectivity index (χ3n) is 2.81. The number of nitrogens with zero attached hydrogens (tertiary/aromatic N) is 3. The molecule has 0 spiro atoms. The molecule has 120 valence electrons. The van der Waals surface area contributed by atoms with Crippen LogP contribution < -0.4 is 0 Å². The SMILES string of the molecule is COCCOCCCn1nnc(C(=O)OCC(C)C)c1C. The lowest BCUT2D eigenvalue weighted by Gasteiger charge is -2.06. The minimum Gasteiger partial charge on any atom is -0.461 e. The molecule has 0 fully saturated rings. The lowest BCUT2D eigenvalue weighted by Crippen LogP contribution is -2.12. The van der Waals surface area contributed by atoms with E-state index in [1.807, 2.05) is 20.8 Å². The highest BCUT2D eigenvalue weighted by Crippen LogP contribution is 2.07. The van der Waals surface area contributed by atoms with E-state index in [0.29, 0.717) is 38.9 Å². The first-order chi connectivity index (χ1) is 10.1. The van der Waals surface area contributed by atoms with Crippen molar-refractivity contribution in [3.05, 3.63) is 11.4 Å². The van der Waals surface area contributed by atoms with Crippen molar-refractivity contribution in [2.45, 2.75) is 33.7 Å². The number of carbonyl (C=O) groups is 1. The summed E-state index contributed by atoms with van der Waals surface area (Å²) in [7, 11) is 1.64. The van der Waals surface area contributed by atoms with Gasteiger partial charge in [0.25, 0.3) is 0 Å². The van der Waals surface area contributed by atoms with Crippen LogP contribution in [0, 0.1) is 12.8 Å². The monoisotopic (exact) mass is 299 g/mol. The van der Waals surface area contributed by atoms with Gasteiger partial charge in [0.05, 0.1) is 25.5 Å². The standard InChI is InChI=1S/C14H25N3O4/c1-11(2)10-21-14(18)13-12(3)17(16-15-13)6-5-7-20-9-8-19-4/h11H,5-10H2,1-4H3. The van der Waals surface area contributed by atoms with E-state index in [-0.39, 0.29) is 5.69 Å². The highest BCUT2D eigenvalue weighted by molar-refractivity contribution is 5.88. The summed E-state index contributed by atoms with van der Waals surface area (Å²) >= 11 is 0. The highest BCUT2D eigenvalue weighted by Gasteiger charge is 2.18. The highest BCUT2D eigenvalue weighted by atomic mass is 16.5. The molecule has 0 unspecified atom stereocenters. The van der Waals surface area contributed by atoms with Gasteiger partial charge < -0.3 is 14.2 Å². The van der Waals surface area contributed by atoms with Gasteiger partial charge in [-0.05, 0) is 19.3 Å². The second-order valence-corrected chi connectivity index (χ2v) is 5.20. The molecule has 0 bridgehead atoms. The van der Waals surface area contributed by atoms with Gasteiger partial charge in [0, 0.05) is 20.3 Å². The van der Waals surface area contributed by atoms with Crippen molar-refractivity contribution in [3.8, 4) is 0 Å². The quantitative estimate of drug-likeness (QED) is 0.481. The van der Waals surface area contributed by atoms with Crippen LogP contribution in [0.1, 0.15) is 36.5 Å². The molecule has 21 heavy (non-hydrogen) atoms. The molecule has 0 radical (unpaired) electrons. The van der Waals surface area contributed by atoms with Crippen molar-refractivity contribution < 1.29 is 19.0 Å². The number of carbonyl (C=O) groups excluding carboxylic acids is 1. The van der Waals surface area contributed by atoms with Crippen molar-refractivity contribution in [3.63, 3.8) is 0 Å². The third kappa shape index (κ3) is 6.22. The van der Waals surface area contributed by atoms with E-state index in [4.69, 9.17) is 14.2 Å². The average Bonchev–Trinajstić information content (AvgIpc) is 2.81. The van der Waals surface area contributed by atoms with Gasteiger partial charge in [-0.3, -0.25) is 0 Å². The first kappa shape index (κ1) is 17.6. The molecule has 1 rings (SSSR count). The van der Waals surface area contributed by atoms with Gasteiger partial charge in [-0.1, -0.05) is 19.1 Å². The lowest BCUT2D eigenvalue weighted by atomic mass is 10.2. The van der Waals surface area contributed by atoms with Crippen LogP contribution in [0.25, 0.3) is 0 Å². The second kappa shape index (κ2) is 9.46. The normalized spacial score (nSPS) is 11.1. The van der Waals surface area contributed by atoms with Crippen molar-refractivity contribution in [1.29, 1.82) is 0 Å². The van der Waals surface area contributed by atoms with Gasteiger partial charge in [-0.2, -0.15) is 0 Å². The molecule has 1 aromatic heterocycles. The van der Waals surface area contributed by atoms with Crippen LogP contribution in [-0.4, -0.2) is 54.5 Å². The number of aryl methyl sites for hydroxylation is 1. The molecule has 1 aromatic rings. The number of aromatic nitrogens is 3. The van der Waals surface area contributed by atoms with Crippen LogP contribution >= 0.6 is 0 Å². The Labute approximate surface area is 125 Å². The van der Waals surface area contributed by atoms with Crippen LogP contribution in [0.3, 0.4) is 0 Å². The predicted octanol–water partition coefficient (Wildman–Crippen LogP) is 1.45. The molecule has 0 aliphatic carbocycles. The zero-order valence-corrected chi connectivity index (χ0v) is 13.3. The Morgan fingerprint density at radius 3 is 2.71 bits per heavy atom. The zero-order chi connectivity index (χ0) is 15.7. The Morgan fingerprint density at radius 2 is 2.05 bits per heavy atom. The van der Waals surface area contributed by atoms with Gasteiger partial charge in [0.15, 0.2) is 5.69 Å². The maximum Gasteiger partial charge on any atom is 0.360 e. The summed E-state index contributed by atoms with van der Waals surface area (Å²) in [6, 6.07) is 0. The molecule has 7 nitrogen and oxygen atoms in total. The summed E-state index contributed by atoms with van der Waals surface area (Å²) < 4.78 is 17.1. The van der Waals surface area contributed by atoms with Gasteiger partial charge in [-0.15, -0.1) is 5.10 Å². The van der Waals surface area contributed by atoms with Crippen LogP contribution in [0.5, 0.6) is 0 Å². The van der Waals surface area contributed by atoms with Crippen molar-refractivity contribution in [2.24, 2.45) is 5.92 Å². The van der Waals surface area contributed by atoms with Crippen LogP contribution in [-0.2, 0) is 20.8 Å². The fourth-order valence-corrected chi connectivity index (χ4v) is 1.63. The second-order valence-electron chi connectivity index (χ2n) is 5.20. The van der Waals surface area contributed by atoms with Gasteiger partial charge in [-0.25, -0.2) is 9.48 Å². The zero-order valence-electron chi connectivity index (χ0n) is 13.3. The number of methoxy groups -OCH3 is 1. The van der Waals surface area contributed by atoms with Crippen LogP contribution in [0.2, 0.25) is 0 Å². The predicted molar refractivity (Wildman–Crippen MR) is 77.2 cm³/mol. The molecule has 0 aromatic carbocycles. The first-order valence-electron chi connectivity index (χ1n) is 7.20. The van der Waals surface area contributed by atoms with Crippen LogP contribution in [0.15, 0.2) is 0 Å². The number of esters is 1. The summed E-state index contributed by atoms with van der Waals surface area (Å²) in [6.45, 7) is 8.63. The number of ether oxygens (including phenoxy) is 3. The van der Waals surface area contributed by atoms with E-state index in [9.17, 15) is 4.79 Å². The number of hydrogen-bond acceptors (Lipinski definition) is 6. The molecule has 0 saturated heterocycles. The maximum atomic E-state index is 11.9. The van der Waals surface area contributed by atoms with Crippen LogP contribution in [0.4, 0.5) is 0 Å². The summed E-state index contributed by atoms with van der Waals surface area (Å²) in [5.41, 5.74) is 1.01. The first-order valence-corrected chi connectivity index (χ1v) is 7.20. The molecule has 0 aliphatic heterocycles. The van der Waals surface area contributed by atoms with Crippen molar-refractivity contribution in [2.75, 3.05) is 33.5 Å². The van der Waals surface area contributed by atoms with Crippen molar-refractivity contribution in [1.82, 2.24) is 15.0 Å². The molecule has 1 heterocycles. The minimum atomic E-state index is -0.413. The molecule has 0 atom stereocenters. The Bertz CT molecular complexity index is 432. The molecular weight excluding hydrogens is 274 g/mol. The third-order valence-corrected chi connectivity index (χ3v) is 2.81. The van der Waals surface area contributed by atoms with E-state index in [1.165, 1.54) is 0 Å².